The molecule has 0 saturated carbocycles. The van der Waals surface area contributed by atoms with Crippen LogP contribution in [0, 0.1) is 11.8 Å². The third kappa shape index (κ3) is 6.61. The Morgan fingerprint density at radius 1 is 1.04 bits per heavy atom. The molecule has 1 fully saturated rings. The number of ether oxygens (including phenoxy) is 1. The van der Waals surface area contributed by atoms with Gasteiger partial charge in [0.1, 0.15) is 12.4 Å². The van der Waals surface area contributed by atoms with Crippen molar-refractivity contribution in [1.29, 1.82) is 0 Å². The fourth-order valence-electron chi connectivity index (χ4n) is 6.35. The third-order valence-corrected chi connectivity index (χ3v) is 8.83. The van der Waals surface area contributed by atoms with E-state index in [4.69, 9.17) is 9.57 Å². The van der Waals surface area contributed by atoms with Gasteiger partial charge in [0, 0.05) is 37.2 Å². The first kappa shape index (κ1) is 31.3. The molecule has 2 unspecified atom stereocenters. The molecule has 2 aliphatic heterocycles. The van der Waals surface area contributed by atoms with E-state index in [0.29, 0.717) is 58.4 Å². The van der Waals surface area contributed by atoms with E-state index < -0.39 is 29.7 Å². The highest BCUT2D eigenvalue weighted by Gasteiger charge is 2.49. The van der Waals surface area contributed by atoms with Gasteiger partial charge in [-0.1, -0.05) is 49.0 Å². The maximum absolute atomic E-state index is 16.1. The van der Waals surface area contributed by atoms with Crippen molar-refractivity contribution in [2.24, 2.45) is 11.8 Å². The van der Waals surface area contributed by atoms with Gasteiger partial charge in [0.05, 0.1) is 11.6 Å². The molecule has 2 amide bonds. The molecule has 2 aliphatic carbocycles. The molecule has 3 heterocycles. The lowest BCUT2D eigenvalue weighted by atomic mass is 9.76. The number of unbranched alkanes of at least 4 members (excludes halogenated alkanes) is 2. The number of carbonyl (C=O) groups excluding carboxylic acids is 3. The molecule has 10 heteroatoms. The standard InChI is InChI=1S/C36H37F2N3O5/c1-24(39-20-6-2-3-9-35(44)46-41-33(42)18-19-34(41)43)23-45-30-15-12-26(13-16-30)32-17-14-29-21-28-11-10-27(25-7-4-5-8-25)22-31(28)36(37,38)40(29)32/h4-5,7,10-17,21,27,31,39H,1-3,6,8-9,18-20,22-23H2. The average molecular weight is 630 g/mol. The van der Waals surface area contributed by atoms with E-state index in [-0.39, 0.29) is 31.8 Å². The molecule has 2 atom stereocenters. The summed E-state index contributed by atoms with van der Waals surface area (Å²) < 4.78 is 39.3. The Labute approximate surface area is 266 Å². The number of benzene rings is 1. The molecule has 0 radical (unpaired) electrons. The number of rotatable bonds is 13. The zero-order valence-corrected chi connectivity index (χ0v) is 25.6. The predicted molar refractivity (Wildman–Crippen MR) is 169 cm³/mol. The van der Waals surface area contributed by atoms with Gasteiger partial charge in [-0.3, -0.25) is 14.2 Å². The molecule has 1 N–H and O–H groups in total. The fourth-order valence-corrected chi connectivity index (χ4v) is 6.35. The van der Waals surface area contributed by atoms with E-state index in [1.54, 1.807) is 36.4 Å². The number of nitrogens with one attached hydrogen (secondary N) is 1. The maximum Gasteiger partial charge on any atom is 0.336 e. The minimum absolute atomic E-state index is 0.0163. The Morgan fingerprint density at radius 3 is 2.57 bits per heavy atom. The molecule has 1 saturated heterocycles. The van der Waals surface area contributed by atoms with Crippen LogP contribution in [0.4, 0.5) is 8.78 Å². The Hall–Kier alpha value is -4.73. The van der Waals surface area contributed by atoms with E-state index in [2.05, 4.69) is 24.0 Å². The highest BCUT2D eigenvalue weighted by molar-refractivity contribution is 6.01. The van der Waals surface area contributed by atoms with Crippen LogP contribution in [0.15, 0.2) is 90.2 Å². The topological polar surface area (TPSA) is 89.9 Å². The van der Waals surface area contributed by atoms with Gasteiger partial charge in [0.25, 0.3) is 11.8 Å². The normalized spacial score (nSPS) is 21.0. The first-order chi connectivity index (χ1) is 22.2. The number of halogens is 2. The molecular formula is C36H37F2N3O5. The van der Waals surface area contributed by atoms with Gasteiger partial charge >= 0.3 is 12.0 Å². The molecule has 0 bridgehead atoms. The highest BCUT2D eigenvalue weighted by Crippen LogP contribution is 2.50. The first-order valence-electron chi connectivity index (χ1n) is 15.8. The summed E-state index contributed by atoms with van der Waals surface area (Å²) in [7, 11) is 0. The van der Waals surface area contributed by atoms with Crippen molar-refractivity contribution in [2.45, 2.75) is 57.4 Å². The summed E-state index contributed by atoms with van der Waals surface area (Å²) in [5.74, 6) is -1.84. The summed E-state index contributed by atoms with van der Waals surface area (Å²) in [4.78, 5) is 39.8. The van der Waals surface area contributed by atoms with Crippen LogP contribution in [0.25, 0.3) is 17.3 Å². The monoisotopic (exact) mass is 629 g/mol. The van der Waals surface area contributed by atoms with Gasteiger partial charge < -0.3 is 14.9 Å². The minimum Gasteiger partial charge on any atom is -0.487 e. The third-order valence-electron chi connectivity index (χ3n) is 8.83. The van der Waals surface area contributed by atoms with Crippen LogP contribution in [0.1, 0.15) is 57.1 Å². The number of amides is 2. The summed E-state index contributed by atoms with van der Waals surface area (Å²) in [6, 6.07) is 7.57. The van der Waals surface area contributed by atoms with Crippen molar-refractivity contribution >= 4 is 23.9 Å². The van der Waals surface area contributed by atoms with Crippen LogP contribution in [0.5, 0.6) is 5.75 Å². The number of carbonyl (C=O) groups is 3. The van der Waals surface area contributed by atoms with Crippen LogP contribution < -0.4 is 10.1 Å². The zero-order valence-electron chi connectivity index (χ0n) is 25.6. The number of alkyl halides is 2. The fraction of sp³-hybridized carbons (Fsp3) is 0.361. The van der Waals surface area contributed by atoms with Crippen LogP contribution in [0.3, 0.4) is 0 Å². The number of imide groups is 1. The quantitative estimate of drug-likeness (QED) is 0.193. The van der Waals surface area contributed by atoms with E-state index in [1.807, 2.05) is 24.3 Å². The Balaban J connectivity index is 0.953. The molecule has 46 heavy (non-hydrogen) atoms. The predicted octanol–water partition coefficient (Wildman–Crippen LogP) is 6.83. The summed E-state index contributed by atoms with van der Waals surface area (Å²) in [5.41, 5.74) is 4.19. The van der Waals surface area contributed by atoms with Gasteiger partial charge in [0.2, 0.25) is 0 Å². The second kappa shape index (κ2) is 13.3. The molecule has 6 rings (SSSR count). The van der Waals surface area contributed by atoms with Gasteiger partial charge in [-0.05, 0) is 85.2 Å². The van der Waals surface area contributed by atoms with Gasteiger partial charge in [-0.25, -0.2) is 4.79 Å². The van der Waals surface area contributed by atoms with Crippen molar-refractivity contribution in [3.05, 3.63) is 95.9 Å². The molecule has 8 nitrogen and oxygen atoms in total. The lowest BCUT2D eigenvalue weighted by Gasteiger charge is -2.38. The van der Waals surface area contributed by atoms with Crippen molar-refractivity contribution in [2.75, 3.05) is 13.2 Å². The zero-order chi connectivity index (χ0) is 32.3. The molecular weight excluding hydrogens is 592 g/mol. The Morgan fingerprint density at radius 2 is 1.83 bits per heavy atom. The van der Waals surface area contributed by atoms with Crippen molar-refractivity contribution < 1.29 is 32.7 Å². The van der Waals surface area contributed by atoms with Gasteiger partial charge in [0.15, 0.2) is 0 Å². The van der Waals surface area contributed by atoms with E-state index >= 15 is 8.78 Å². The molecule has 2 aromatic rings. The lowest BCUT2D eigenvalue weighted by molar-refractivity contribution is -0.197. The molecule has 4 aliphatic rings. The number of aromatic nitrogens is 1. The molecule has 1 aromatic heterocycles. The largest absolute Gasteiger partial charge is 0.487 e. The van der Waals surface area contributed by atoms with Crippen molar-refractivity contribution in [1.82, 2.24) is 14.9 Å². The maximum atomic E-state index is 16.1. The molecule has 1 aromatic carbocycles. The average Bonchev–Trinajstić information content (AvgIpc) is 3.81. The number of allylic oxidation sites excluding steroid dienone is 7. The van der Waals surface area contributed by atoms with E-state index in [0.717, 1.165) is 19.3 Å². The molecule has 0 spiro atoms. The van der Waals surface area contributed by atoms with Crippen LogP contribution in [-0.2, 0) is 25.3 Å². The van der Waals surface area contributed by atoms with E-state index in [9.17, 15) is 14.4 Å². The van der Waals surface area contributed by atoms with Crippen molar-refractivity contribution in [3.8, 4) is 17.0 Å². The van der Waals surface area contributed by atoms with Gasteiger partial charge in [-0.2, -0.15) is 8.78 Å². The van der Waals surface area contributed by atoms with E-state index in [1.165, 1.54) is 10.1 Å². The highest BCUT2D eigenvalue weighted by atomic mass is 19.3. The Kier molecular flexibility index (Phi) is 9.05. The van der Waals surface area contributed by atoms with Crippen LogP contribution in [0.2, 0.25) is 0 Å². The molecule has 240 valence electrons. The summed E-state index contributed by atoms with van der Waals surface area (Å²) in [6.07, 6.45) is 15.5. The number of hydrogen-bond acceptors (Lipinski definition) is 6. The Bertz CT molecular complexity index is 1630. The number of hydrogen-bond donors (Lipinski definition) is 1. The summed E-state index contributed by atoms with van der Waals surface area (Å²) in [5, 5.41) is 3.76. The van der Waals surface area contributed by atoms with Gasteiger partial charge in [-0.15, -0.1) is 5.06 Å². The summed E-state index contributed by atoms with van der Waals surface area (Å²) >= 11 is 0. The van der Waals surface area contributed by atoms with Crippen LogP contribution in [-0.4, -0.2) is 40.6 Å². The number of fused-ring (bicyclic) bond motifs is 2. The first-order valence-corrected chi connectivity index (χ1v) is 15.8. The smallest absolute Gasteiger partial charge is 0.336 e. The van der Waals surface area contributed by atoms with Crippen molar-refractivity contribution in [3.63, 3.8) is 0 Å². The second-order valence-electron chi connectivity index (χ2n) is 12.0. The SMILES string of the molecule is C=C(COc1ccc(-c2ccc3n2C(F)(F)C2CC(C4=CC=CC4)C=CC2=C3)cc1)NCCCCCC(=O)ON1C(=O)CCC1=O. The minimum atomic E-state index is -3.07. The lowest BCUT2D eigenvalue weighted by Crippen LogP contribution is -2.39. The second-order valence-corrected chi connectivity index (χ2v) is 12.0. The number of nitrogens with zero attached hydrogens (tertiary/aromatic N) is 2. The van der Waals surface area contributed by atoms with Crippen LogP contribution >= 0.6 is 0 Å². The summed E-state index contributed by atoms with van der Waals surface area (Å²) in [6.45, 7) is 4.86. The number of hydroxylamine groups is 2.